The molecule has 36 heavy (non-hydrogen) atoms. The molecule has 0 aliphatic heterocycles. The Bertz CT molecular complexity index is 1060. The third kappa shape index (κ3) is 5.13. The molecule has 0 bridgehead atoms. The number of aryl methyl sites for hydroxylation is 3. The Balaban J connectivity index is 1.12. The number of unbranched alkanes of at least 4 members (excludes halogenated alkanes) is 3. The van der Waals surface area contributed by atoms with Crippen molar-refractivity contribution in [1.82, 2.24) is 15.0 Å². The van der Waals surface area contributed by atoms with Gasteiger partial charge >= 0.3 is 0 Å². The van der Waals surface area contributed by atoms with Gasteiger partial charge in [0.25, 0.3) is 0 Å². The molecule has 0 saturated heterocycles. The molecule has 3 aliphatic carbocycles. The second kappa shape index (κ2) is 10.7. The first kappa shape index (κ1) is 25.5. The lowest BCUT2D eigenvalue weighted by molar-refractivity contribution is -0.129. The lowest BCUT2D eigenvalue weighted by Gasteiger charge is -2.50. The standard InChI is InChI=1S/C31H45N3O2/c1-21(2)9-11-24-20-34(33-32-24)17-7-5-4-6-8-23-19-29(36)31(3)16-15-27-26-14-12-25(35)18-22(26)10-13-28(27)30(23)31/h12,14,18,20-21,23,27-28,30,35H,4-11,13,15-17,19H2,1-3H3/t23-,27-,28-,30+,31-/m1/s1. The molecule has 1 aromatic carbocycles. The first-order valence-corrected chi connectivity index (χ1v) is 14.6. The van der Waals surface area contributed by atoms with Crippen LogP contribution in [-0.2, 0) is 24.2 Å². The zero-order valence-corrected chi connectivity index (χ0v) is 22.6. The van der Waals surface area contributed by atoms with Crippen LogP contribution in [0.5, 0.6) is 5.75 Å². The van der Waals surface area contributed by atoms with E-state index in [0.29, 0.717) is 41.1 Å². The number of fused-ring (bicyclic) bond motifs is 5. The van der Waals surface area contributed by atoms with Crippen molar-refractivity contribution in [1.29, 1.82) is 0 Å². The Hall–Kier alpha value is -2.17. The molecule has 0 unspecified atom stereocenters. The molecule has 0 amide bonds. The highest BCUT2D eigenvalue weighted by molar-refractivity contribution is 5.87. The van der Waals surface area contributed by atoms with Crippen molar-refractivity contribution in [3.63, 3.8) is 0 Å². The van der Waals surface area contributed by atoms with Crippen molar-refractivity contribution < 1.29 is 9.90 Å². The van der Waals surface area contributed by atoms with Gasteiger partial charge in [-0.05, 0) is 104 Å². The third-order valence-electron chi connectivity index (χ3n) is 9.83. The summed E-state index contributed by atoms with van der Waals surface area (Å²) in [6, 6.07) is 6.00. The van der Waals surface area contributed by atoms with Gasteiger partial charge in [-0.1, -0.05) is 51.3 Å². The van der Waals surface area contributed by atoms with Crippen LogP contribution in [-0.4, -0.2) is 25.9 Å². The third-order valence-corrected chi connectivity index (χ3v) is 9.83. The molecule has 0 spiro atoms. The van der Waals surface area contributed by atoms with Gasteiger partial charge in [0.1, 0.15) is 11.5 Å². The molecule has 5 heteroatoms. The number of phenolic OH excluding ortho intramolecular Hbond substituents is 1. The summed E-state index contributed by atoms with van der Waals surface area (Å²) < 4.78 is 2.01. The molecule has 2 aromatic rings. The van der Waals surface area contributed by atoms with Crippen molar-refractivity contribution in [2.75, 3.05) is 0 Å². The van der Waals surface area contributed by atoms with Crippen LogP contribution in [0, 0.1) is 29.1 Å². The molecule has 0 radical (unpaired) electrons. The number of benzene rings is 1. The number of hydrogen-bond donors (Lipinski definition) is 1. The zero-order chi connectivity index (χ0) is 25.3. The maximum absolute atomic E-state index is 13.2. The van der Waals surface area contributed by atoms with Crippen LogP contribution in [0.15, 0.2) is 24.4 Å². The minimum atomic E-state index is -0.110. The second-order valence-electron chi connectivity index (χ2n) is 12.7. The Morgan fingerprint density at radius 1 is 1.17 bits per heavy atom. The molecule has 1 heterocycles. The van der Waals surface area contributed by atoms with Gasteiger partial charge in [0.15, 0.2) is 0 Å². The van der Waals surface area contributed by atoms with Crippen LogP contribution in [0.2, 0.25) is 0 Å². The van der Waals surface area contributed by atoms with Crippen LogP contribution in [0.1, 0.15) is 108 Å². The van der Waals surface area contributed by atoms with Gasteiger partial charge in [-0.3, -0.25) is 9.48 Å². The molecular formula is C31H45N3O2. The largest absolute Gasteiger partial charge is 0.508 e. The molecule has 1 N–H and O–H groups in total. The number of Topliss-reactive ketones (excluding diaryl/α,β-unsaturated/α-hetero) is 1. The molecule has 5 rings (SSSR count). The van der Waals surface area contributed by atoms with Gasteiger partial charge in [0.2, 0.25) is 0 Å². The molecule has 196 valence electrons. The first-order chi connectivity index (χ1) is 17.3. The molecule has 5 nitrogen and oxygen atoms in total. The topological polar surface area (TPSA) is 68.0 Å². The second-order valence-corrected chi connectivity index (χ2v) is 12.7. The predicted octanol–water partition coefficient (Wildman–Crippen LogP) is 6.87. The number of aromatic nitrogens is 3. The molecule has 1 aromatic heterocycles. The number of phenols is 1. The first-order valence-electron chi connectivity index (χ1n) is 14.6. The molecule has 2 fully saturated rings. The maximum Gasteiger partial charge on any atom is 0.139 e. The average molecular weight is 492 g/mol. The highest BCUT2D eigenvalue weighted by Crippen LogP contribution is 2.62. The zero-order valence-electron chi connectivity index (χ0n) is 22.6. The highest BCUT2D eigenvalue weighted by atomic mass is 16.3. The van der Waals surface area contributed by atoms with E-state index in [1.165, 1.54) is 49.7 Å². The fraction of sp³-hybridized carbons (Fsp3) is 0.710. The number of aromatic hydroxyl groups is 1. The van der Waals surface area contributed by atoms with E-state index < -0.39 is 0 Å². The van der Waals surface area contributed by atoms with E-state index in [9.17, 15) is 9.90 Å². The van der Waals surface area contributed by atoms with E-state index in [0.717, 1.165) is 50.8 Å². The molecule has 2 saturated carbocycles. The summed E-state index contributed by atoms with van der Waals surface area (Å²) in [5.74, 6) is 3.89. The predicted molar refractivity (Wildman–Crippen MR) is 143 cm³/mol. The summed E-state index contributed by atoms with van der Waals surface area (Å²) >= 11 is 0. The minimum absolute atomic E-state index is 0.110. The summed E-state index contributed by atoms with van der Waals surface area (Å²) in [6.07, 6.45) is 15.5. The van der Waals surface area contributed by atoms with Gasteiger partial charge in [-0.15, -0.1) is 5.10 Å². The minimum Gasteiger partial charge on any atom is -0.508 e. The highest BCUT2D eigenvalue weighted by Gasteiger charge is 2.58. The van der Waals surface area contributed by atoms with Crippen molar-refractivity contribution in [2.24, 2.45) is 29.1 Å². The lowest BCUT2D eigenvalue weighted by atomic mass is 9.54. The Morgan fingerprint density at radius 3 is 2.83 bits per heavy atom. The molecule has 5 atom stereocenters. The number of ketones is 1. The number of carbonyl (C=O) groups is 1. The quantitative estimate of drug-likeness (QED) is 0.368. The van der Waals surface area contributed by atoms with Gasteiger partial charge in [0.05, 0.1) is 5.69 Å². The molecule has 3 aliphatic rings. The van der Waals surface area contributed by atoms with E-state index in [1.807, 2.05) is 16.8 Å². The van der Waals surface area contributed by atoms with Gasteiger partial charge in [-0.25, -0.2) is 0 Å². The SMILES string of the molecule is CC(C)CCc1cn(CCCCCC[C@@H]2CC(=O)[C@@]3(C)CC[C@@H]4c5ccc(O)cc5CC[C@H]4[C@H]23)nn1. The Morgan fingerprint density at radius 2 is 2.00 bits per heavy atom. The summed E-state index contributed by atoms with van der Waals surface area (Å²) in [5, 5.41) is 18.6. The summed E-state index contributed by atoms with van der Waals surface area (Å²) in [6.45, 7) is 7.74. The fourth-order valence-electron chi connectivity index (χ4n) is 7.93. The fourth-order valence-corrected chi connectivity index (χ4v) is 7.93. The van der Waals surface area contributed by atoms with E-state index in [-0.39, 0.29) is 5.41 Å². The Labute approximate surface area is 217 Å². The van der Waals surface area contributed by atoms with Crippen LogP contribution >= 0.6 is 0 Å². The van der Waals surface area contributed by atoms with E-state index >= 15 is 0 Å². The van der Waals surface area contributed by atoms with Crippen molar-refractivity contribution in [3.8, 4) is 5.75 Å². The number of rotatable bonds is 10. The summed E-state index contributed by atoms with van der Waals surface area (Å²) in [4.78, 5) is 13.2. The lowest BCUT2D eigenvalue weighted by Crippen LogP contribution is -2.44. The van der Waals surface area contributed by atoms with Crippen LogP contribution < -0.4 is 0 Å². The summed E-state index contributed by atoms with van der Waals surface area (Å²) in [5.41, 5.74) is 3.79. The number of nitrogens with zero attached hydrogens (tertiary/aromatic N) is 3. The van der Waals surface area contributed by atoms with Crippen molar-refractivity contribution in [3.05, 3.63) is 41.2 Å². The van der Waals surface area contributed by atoms with Crippen molar-refractivity contribution >= 4 is 5.78 Å². The molecular weight excluding hydrogens is 446 g/mol. The van der Waals surface area contributed by atoms with Gasteiger partial charge < -0.3 is 5.11 Å². The number of hydrogen-bond acceptors (Lipinski definition) is 4. The van der Waals surface area contributed by atoms with Crippen LogP contribution in [0.3, 0.4) is 0 Å². The smallest absolute Gasteiger partial charge is 0.139 e. The monoisotopic (exact) mass is 491 g/mol. The van der Waals surface area contributed by atoms with Crippen molar-refractivity contribution in [2.45, 2.75) is 110 Å². The maximum atomic E-state index is 13.2. The normalized spacial score (nSPS) is 29.3. The van der Waals surface area contributed by atoms with E-state index in [4.69, 9.17) is 0 Å². The van der Waals surface area contributed by atoms with Crippen LogP contribution in [0.4, 0.5) is 0 Å². The Kier molecular flexibility index (Phi) is 7.55. The van der Waals surface area contributed by atoms with Gasteiger partial charge in [-0.2, -0.15) is 0 Å². The van der Waals surface area contributed by atoms with Gasteiger partial charge in [0, 0.05) is 24.6 Å². The average Bonchev–Trinajstić information content (AvgIpc) is 3.41. The van der Waals surface area contributed by atoms with E-state index in [2.05, 4.69) is 43.3 Å². The van der Waals surface area contributed by atoms with Crippen LogP contribution in [0.25, 0.3) is 0 Å². The number of carbonyl (C=O) groups excluding carboxylic acids is 1. The summed E-state index contributed by atoms with van der Waals surface area (Å²) in [7, 11) is 0. The van der Waals surface area contributed by atoms with E-state index in [1.54, 1.807) is 0 Å².